The molecule has 2 aromatic carbocycles. The Morgan fingerprint density at radius 1 is 1.17 bits per heavy atom. The zero-order valence-corrected chi connectivity index (χ0v) is 13.4. The van der Waals surface area contributed by atoms with E-state index in [9.17, 15) is 23.2 Å². The average Bonchev–Trinajstić information content (AvgIpc) is 2.55. The number of sulfonamides is 1. The van der Waals surface area contributed by atoms with Gasteiger partial charge in [-0.2, -0.15) is 9.57 Å². The largest absolute Gasteiger partial charge is 0.395 e. The maximum Gasteiger partial charge on any atom is 0.244 e. The van der Waals surface area contributed by atoms with Crippen molar-refractivity contribution in [2.45, 2.75) is 22.9 Å². The standard InChI is InChI=1S/C17H15FN2O3S/c18-13-7-4-8-14(9-13)24(22,23)20-15(10-19)17(16(20)11-21)12-5-2-1-3-6-12/h1-9,15-17,21H,11H2/t15-,16-,17+/m1/s1. The van der Waals surface area contributed by atoms with Crippen molar-refractivity contribution < 1.29 is 17.9 Å². The fraction of sp³-hybridized carbons (Fsp3) is 0.235. The van der Waals surface area contributed by atoms with E-state index in [0.717, 1.165) is 22.0 Å². The molecule has 1 fully saturated rings. The summed E-state index contributed by atoms with van der Waals surface area (Å²) in [5.41, 5.74) is 0.786. The second-order valence-electron chi connectivity index (χ2n) is 5.55. The van der Waals surface area contributed by atoms with Crippen molar-refractivity contribution >= 4 is 10.0 Å². The van der Waals surface area contributed by atoms with Gasteiger partial charge in [0.1, 0.15) is 11.9 Å². The fourth-order valence-electron chi connectivity index (χ4n) is 3.12. The van der Waals surface area contributed by atoms with E-state index in [1.165, 1.54) is 12.1 Å². The predicted molar refractivity (Wildman–Crippen MR) is 84.9 cm³/mol. The topological polar surface area (TPSA) is 81.4 Å². The average molecular weight is 346 g/mol. The van der Waals surface area contributed by atoms with Crippen LogP contribution in [-0.4, -0.2) is 36.5 Å². The van der Waals surface area contributed by atoms with Crippen LogP contribution in [0.4, 0.5) is 4.39 Å². The summed E-state index contributed by atoms with van der Waals surface area (Å²) >= 11 is 0. The van der Waals surface area contributed by atoms with Gasteiger partial charge in [-0.1, -0.05) is 36.4 Å². The molecule has 1 saturated heterocycles. The molecule has 0 aromatic heterocycles. The van der Waals surface area contributed by atoms with Crippen LogP contribution in [-0.2, 0) is 10.0 Å². The summed E-state index contributed by atoms with van der Waals surface area (Å²) in [6, 6.07) is 13.9. The van der Waals surface area contributed by atoms with E-state index in [1.54, 1.807) is 24.3 Å². The van der Waals surface area contributed by atoms with E-state index in [-0.39, 0.29) is 4.90 Å². The third kappa shape index (κ3) is 2.59. The molecule has 5 nitrogen and oxygen atoms in total. The van der Waals surface area contributed by atoms with E-state index in [0.29, 0.717) is 0 Å². The molecule has 1 N–H and O–H groups in total. The minimum absolute atomic E-state index is 0.229. The molecule has 0 aliphatic carbocycles. The Morgan fingerprint density at radius 3 is 2.46 bits per heavy atom. The van der Waals surface area contributed by atoms with Crippen LogP contribution in [0, 0.1) is 17.1 Å². The molecule has 7 heteroatoms. The third-order valence-electron chi connectivity index (χ3n) is 4.23. The number of nitrogens with zero attached hydrogens (tertiary/aromatic N) is 2. The molecule has 0 saturated carbocycles. The Morgan fingerprint density at radius 2 is 1.88 bits per heavy atom. The van der Waals surface area contributed by atoms with Gasteiger partial charge in [-0.3, -0.25) is 0 Å². The summed E-state index contributed by atoms with van der Waals surface area (Å²) in [6.07, 6.45) is 0. The van der Waals surface area contributed by atoms with Crippen LogP contribution in [0.5, 0.6) is 0 Å². The molecule has 24 heavy (non-hydrogen) atoms. The van der Waals surface area contributed by atoms with Crippen molar-refractivity contribution in [2.24, 2.45) is 0 Å². The first-order chi connectivity index (χ1) is 11.5. The minimum atomic E-state index is -4.08. The molecule has 0 spiro atoms. The van der Waals surface area contributed by atoms with Crippen molar-refractivity contribution in [3.05, 3.63) is 66.0 Å². The first-order valence-electron chi connectivity index (χ1n) is 7.35. The normalized spacial score (nSPS) is 24.1. The van der Waals surface area contributed by atoms with Crippen molar-refractivity contribution in [1.82, 2.24) is 4.31 Å². The maximum atomic E-state index is 13.4. The maximum absolute atomic E-state index is 13.4. The minimum Gasteiger partial charge on any atom is -0.395 e. The molecule has 3 rings (SSSR count). The monoisotopic (exact) mass is 346 g/mol. The van der Waals surface area contributed by atoms with Gasteiger partial charge in [0.05, 0.1) is 23.6 Å². The summed E-state index contributed by atoms with van der Waals surface area (Å²) in [7, 11) is -4.08. The quantitative estimate of drug-likeness (QED) is 0.916. The second kappa shape index (κ2) is 6.32. The van der Waals surface area contributed by atoms with Crippen LogP contribution in [0.25, 0.3) is 0 Å². The number of hydrogen-bond acceptors (Lipinski definition) is 4. The molecule has 0 amide bonds. The summed E-state index contributed by atoms with van der Waals surface area (Å²) in [5.74, 6) is -1.10. The predicted octanol–water partition coefficient (Wildman–Crippen LogP) is 1.87. The summed E-state index contributed by atoms with van der Waals surface area (Å²) in [4.78, 5) is -0.229. The summed E-state index contributed by atoms with van der Waals surface area (Å²) in [5, 5.41) is 19.1. The Balaban J connectivity index is 2.01. The van der Waals surface area contributed by atoms with Crippen LogP contribution in [0.15, 0.2) is 59.5 Å². The molecule has 0 bridgehead atoms. The number of rotatable bonds is 4. The number of halogens is 1. The number of nitriles is 1. The second-order valence-corrected chi connectivity index (χ2v) is 7.40. The molecule has 1 aliphatic rings. The van der Waals surface area contributed by atoms with E-state index in [1.807, 2.05) is 12.1 Å². The molecule has 1 heterocycles. The Hall–Kier alpha value is -2.27. The Bertz CT molecular complexity index is 880. The van der Waals surface area contributed by atoms with Crippen LogP contribution >= 0.6 is 0 Å². The SMILES string of the molecule is N#C[C@@H]1[C@H](c2ccccc2)[C@@H](CO)N1S(=O)(=O)c1cccc(F)c1. The molecule has 1 aliphatic heterocycles. The molecular formula is C17H15FN2O3S. The molecule has 0 unspecified atom stereocenters. The van der Waals surface area contributed by atoms with Gasteiger partial charge in [0.15, 0.2) is 0 Å². The lowest BCUT2D eigenvalue weighted by Gasteiger charge is -2.50. The van der Waals surface area contributed by atoms with Gasteiger partial charge in [0.2, 0.25) is 10.0 Å². The van der Waals surface area contributed by atoms with E-state index < -0.39 is 40.4 Å². The highest BCUT2D eigenvalue weighted by atomic mass is 32.2. The summed E-state index contributed by atoms with van der Waals surface area (Å²) in [6.45, 7) is -0.424. The zero-order chi connectivity index (χ0) is 17.3. The van der Waals surface area contributed by atoms with E-state index >= 15 is 0 Å². The molecule has 124 valence electrons. The highest BCUT2D eigenvalue weighted by Crippen LogP contribution is 2.43. The lowest BCUT2D eigenvalue weighted by molar-refractivity contribution is 0.0556. The fourth-order valence-corrected chi connectivity index (χ4v) is 4.91. The lowest BCUT2D eigenvalue weighted by atomic mass is 9.78. The van der Waals surface area contributed by atoms with E-state index in [2.05, 4.69) is 0 Å². The van der Waals surface area contributed by atoms with Gasteiger partial charge >= 0.3 is 0 Å². The smallest absolute Gasteiger partial charge is 0.244 e. The first kappa shape index (κ1) is 16.6. The van der Waals surface area contributed by atoms with Crippen molar-refractivity contribution in [1.29, 1.82) is 5.26 Å². The van der Waals surface area contributed by atoms with Gasteiger partial charge in [-0.15, -0.1) is 0 Å². The van der Waals surface area contributed by atoms with Crippen molar-refractivity contribution in [3.63, 3.8) is 0 Å². The Kier molecular flexibility index (Phi) is 4.37. The summed E-state index contributed by atoms with van der Waals surface area (Å²) < 4.78 is 39.9. The third-order valence-corrected chi connectivity index (χ3v) is 6.13. The van der Waals surface area contributed by atoms with Crippen LogP contribution in [0.2, 0.25) is 0 Å². The van der Waals surface area contributed by atoms with Crippen LogP contribution < -0.4 is 0 Å². The molecular weight excluding hydrogens is 331 g/mol. The van der Waals surface area contributed by atoms with Crippen LogP contribution in [0.3, 0.4) is 0 Å². The molecule has 3 atom stereocenters. The van der Waals surface area contributed by atoms with Gasteiger partial charge in [-0.25, -0.2) is 12.8 Å². The van der Waals surface area contributed by atoms with Gasteiger partial charge in [0.25, 0.3) is 0 Å². The number of benzene rings is 2. The molecule has 0 radical (unpaired) electrons. The van der Waals surface area contributed by atoms with Gasteiger partial charge in [-0.05, 0) is 23.8 Å². The highest BCUT2D eigenvalue weighted by Gasteiger charge is 2.55. The van der Waals surface area contributed by atoms with E-state index in [4.69, 9.17) is 0 Å². The number of aliphatic hydroxyl groups excluding tert-OH is 1. The molecule has 2 aromatic rings. The zero-order valence-electron chi connectivity index (χ0n) is 12.6. The van der Waals surface area contributed by atoms with Gasteiger partial charge in [0, 0.05) is 5.92 Å². The number of hydrogen-bond donors (Lipinski definition) is 1. The highest BCUT2D eigenvalue weighted by molar-refractivity contribution is 7.89. The Labute approximate surface area is 139 Å². The van der Waals surface area contributed by atoms with Crippen LogP contribution in [0.1, 0.15) is 11.5 Å². The lowest BCUT2D eigenvalue weighted by Crippen LogP contribution is -2.65. The first-order valence-corrected chi connectivity index (χ1v) is 8.79. The van der Waals surface area contributed by atoms with Crippen molar-refractivity contribution in [2.75, 3.05) is 6.61 Å². The van der Waals surface area contributed by atoms with Gasteiger partial charge < -0.3 is 5.11 Å². The van der Waals surface area contributed by atoms with Crippen molar-refractivity contribution in [3.8, 4) is 6.07 Å². The number of aliphatic hydroxyl groups is 1.